The molecule has 0 radical (unpaired) electrons. The maximum atomic E-state index is 6.05. The molecule has 0 saturated heterocycles. The van der Waals surface area contributed by atoms with E-state index in [1.807, 2.05) is 0 Å². The minimum Gasteiger partial charge on any atom is -0.495 e. The molecule has 0 unspecified atom stereocenters. The van der Waals surface area contributed by atoms with Gasteiger partial charge in [-0.25, -0.2) is 0 Å². The first kappa shape index (κ1) is 10.3. The number of pyridine rings is 1. The number of nitrogens with zero attached hydrogens (tertiary/aromatic N) is 1. The van der Waals surface area contributed by atoms with E-state index in [-0.39, 0.29) is 5.41 Å². The van der Waals surface area contributed by atoms with Crippen molar-refractivity contribution in [2.24, 2.45) is 0 Å². The zero-order valence-corrected chi connectivity index (χ0v) is 9.14. The molecule has 0 aliphatic carbocycles. The van der Waals surface area contributed by atoms with Gasteiger partial charge in [-0.05, 0) is 0 Å². The van der Waals surface area contributed by atoms with Crippen molar-refractivity contribution in [2.45, 2.75) is 26.2 Å². The average molecular weight is 200 g/mol. The molecule has 0 aliphatic heterocycles. The Labute approximate surface area is 83.9 Å². The Bertz CT molecular complexity index is 304. The molecular formula is C10H14ClNO. The number of hydrogen-bond donors (Lipinski definition) is 0. The Balaban J connectivity index is 3.13. The first-order valence-electron chi connectivity index (χ1n) is 4.15. The van der Waals surface area contributed by atoms with E-state index in [1.165, 1.54) is 0 Å². The Kier molecular flexibility index (Phi) is 2.81. The zero-order valence-electron chi connectivity index (χ0n) is 8.39. The van der Waals surface area contributed by atoms with Gasteiger partial charge >= 0.3 is 0 Å². The van der Waals surface area contributed by atoms with Crippen LogP contribution in [0, 0.1) is 0 Å². The Hall–Kier alpha value is -0.760. The highest BCUT2D eigenvalue weighted by atomic mass is 35.5. The molecule has 0 bridgehead atoms. The molecule has 1 rings (SSSR count). The summed E-state index contributed by atoms with van der Waals surface area (Å²) in [5, 5.41) is 0.659. The van der Waals surface area contributed by atoms with Crippen LogP contribution in [0.2, 0.25) is 5.02 Å². The number of rotatable bonds is 1. The monoisotopic (exact) mass is 199 g/mol. The van der Waals surface area contributed by atoms with Crippen molar-refractivity contribution < 1.29 is 4.74 Å². The minimum atomic E-state index is -0.0244. The van der Waals surface area contributed by atoms with Crippen molar-refractivity contribution in [2.75, 3.05) is 7.11 Å². The summed E-state index contributed by atoms with van der Waals surface area (Å²) in [5.41, 5.74) is 0.874. The van der Waals surface area contributed by atoms with Gasteiger partial charge in [0.2, 0.25) is 0 Å². The minimum absolute atomic E-state index is 0.0244. The first-order chi connectivity index (χ1) is 5.95. The predicted molar refractivity (Wildman–Crippen MR) is 54.5 cm³/mol. The highest BCUT2D eigenvalue weighted by molar-refractivity contribution is 6.31. The molecular weight excluding hydrogens is 186 g/mol. The Morgan fingerprint density at radius 3 is 2.38 bits per heavy atom. The standard InChI is InChI=1S/C10H14ClNO/c1-10(2,3)9-8(11)5-7(13-4)6-12-9/h5-6H,1-4H3. The molecule has 0 atom stereocenters. The average Bonchev–Trinajstić information content (AvgIpc) is 2.01. The number of ether oxygens (including phenoxy) is 1. The Morgan fingerprint density at radius 1 is 1.38 bits per heavy atom. The summed E-state index contributed by atoms with van der Waals surface area (Å²) in [4.78, 5) is 4.26. The van der Waals surface area contributed by atoms with E-state index in [0.717, 1.165) is 5.69 Å². The first-order valence-corrected chi connectivity index (χ1v) is 4.53. The van der Waals surface area contributed by atoms with Crippen LogP contribution in [-0.2, 0) is 5.41 Å². The highest BCUT2D eigenvalue weighted by Crippen LogP contribution is 2.29. The Morgan fingerprint density at radius 2 is 2.00 bits per heavy atom. The number of aromatic nitrogens is 1. The number of hydrogen-bond acceptors (Lipinski definition) is 2. The van der Waals surface area contributed by atoms with E-state index >= 15 is 0 Å². The van der Waals surface area contributed by atoms with Crippen LogP contribution < -0.4 is 4.74 Å². The van der Waals surface area contributed by atoms with E-state index in [1.54, 1.807) is 19.4 Å². The maximum absolute atomic E-state index is 6.05. The lowest BCUT2D eigenvalue weighted by molar-refractivity contribution is 0.411. The van der Waals surface area contributed by atoms with Crippen LogP contribution in [0.5, 0.6) is 5.75 Å². The summed E-state index contributed by atoms with van der Waals surface area (Å²) < 4.78 is 5.02. The fraction of sp³-hybridized carbons (Fsp3) is 0.500. The second-order valence-electron chi connectivity index (χ2n) is 3.96. The molecule has 0 N–H and O–H groups in total. The molecule has 0 fully saturated rings. The number of halogens is 1. The second-order valence-corrected chi connectivity index (χ2v) is 4.36. The highest BCUT2D eigenvalue weighted by Gasteiger charge is 2.19. The molecule has 0 saturated carbocycles. The van der Waals surface area contributed by atoms with E-state index in [2.05, 4.69) is 25.8 Å². The van der Waals surface area contributed by atoms with Gasteiger partial charge in [0.25, 0.3) is 0 Å². The van der Waals surface area contributed by atoms with Gasteiger partial charge in [0, 0.05) is 11.5 Å². The smallest absolute Gasteiger partial charge is 0.138 e. The summed E-state index contributed by atoms with van der Waals surface area (Å²) in [7, 11) is 1.60. The van der Waals surface area contributed by atoms with Crippen LogP contribution in [0.15, 0.2) is 12.3 Å². The summed E-state index contributed by atoms with van der Waals surface area (Å²) >= 11 is 6.05. The van der Waals surface area contributed by atoms with Crippen LogP contribution in [0.3, 0.4) is 0 Å². The van der Waals surface area contributed by atoms with Crippen molar-refractivity contribution in [1.29, 1.82) is 0 Å². The van der Waals surface area contributed by atoms with Gasteiger partial charge in [0.15, 0.2) is 0 Å². The van der Waals surface area contributed by atoms with Crippen molar-refractivity contribution >= 4 is 11.6 Å². The molecule has 1 aromatic heterocycles. The van der Waals surface area contributed by atoms with Crippen molar-refractivity contribution in [3.63, 3.8) is 0 Å². The SMILES string of the molecule is COc1cnc(C(C)(C)C)c(Cl)c1. The van der Waals surface area contributed by atoms with Gasteiger partial charge < -0.3 is 4.74 Å². The topological polar surface area (TPSA) is 22.1 Å². The molecule has 72 valence electrons. The molecule has 0 aliphatic rings. The van der Waals surface area contributed by atoms with Gasteiger partial charge in [-0.3, -0.25) is 4.98 Å². The lowest BCUT2D eigenvalue weighted by Gasteiger charge is -2.19. The van der Waals surface area contributed by atoms with Crippen LogP contribution in [0.1, 0.15) is 26.5 Å². The molecule has 0 aromatic carbocycles. The van der Waals surface area contributed by atoms with Gasteiger partial charge in [-0.1, -0.05) is 32.4 Å². The molecule has 2 nitrogen and oxygen atoms in total. The normalized spacial score (nSPS) is 11.5. The molecule has 3 heteroatoms. The summed E-state index contributed by atoms with van der Waals surface area (Å²) in [6.45, 7) is 6.23. The van der Waals surface area contributed by atoms with E-state index in [9.17, 15) is 0 Å². The maximum Gasteiger partial charge on any atom is 0.138 e. The van der Waals surface area contributed by atoms with Crippen LogP contribution in [-0.4, -0.2) is 12.1 Å². The summed E-state index contributed by atoms with van der Waals surface area (Å²) in [5.74, 6) is 0.693. The fourth-order valence-electron chi connectivity index (χ4n) is 1.08. The van der Waals surface area contributed by atoms with Gasteiger partial charge in [-0.15, -0.1) is 0 Å². The molecule has 13 heavy (non-hydrogen) atoms. The van der Waals surface area contributed by atoms with Crippen LogP contribution in [0.4, 0.5) is 0 Å². The quantitative estimate of drug-likeness (QED) is 0.694. The van der Waals surface area contributed by atoms with Gasteiger partial charge in [-0.2, -0.15) is 0 Å². The van der Waals surface area contributed by atoms with Crippen molar-refractivity contribution in [3.05, 3.63) is 23.0 Å². The summed E-state index contributed by atoms with van der Waals surface area (Å²) in [6, 6.07) is 1.79. The third kappa shape index (κ3) is 2.34. The zero-order chi connectivity index (χ0) is 10.1. The summed E-state index contributed by atoms with van der Waals surface area (Å²) in [6.07, 6.45) is 1.69. The van der Waals surface area contributed by atoms with E-state index in [0.29, 0.717) is 10.8 Å². The van der Waals surface area contributed by atoms with Gasteiger partial charge in [0.1, 0.15) is 5.75 Å². The fourth-order valence-corrected chi connectivity index (χ4v) is 1.52. The van der Waals surface area contributed by atoms with Crippen molar-refractivity contribution in [3.8, 4) is 5.75 Å². The third-order valence-electron chi connectivity index (χ3n) is 1.76. The molecule has 0 amide bonds. The molecule has 0 spiro atoms. The second kappa shape index (κ2) is 3.54. The van der Waals surface area contributed by atoms with E-state index in [4.69, 9.17) is 16.3 Å². The van der Waals surface area contributed by atoms with Crippen LogP contribution >= 0.6 is 11.6 Å². The third-order valence-corrected chi connectivity index (χ3v) is 2.05. The molecule has 1 aromatic rings. The molecule has 1 heterocycles. The predicted octanol–water partition coefficient (Wildman–Crippen LogP) is 3.04. The number of methoxy groups -OCH3 is 1. The lowest BCUT2D eigenvalue weighted by atomic mass is 9.91. The van der Waals surface area contributed by atoms with Crippen molar-refractivity contribution in [1.82, 2.24) is 4.98 Å². The largest absolute Gasteiger partial charge is 0.495 e. The van der Waals surface area contributed by atoms with Gasteiger partial charge in [0.05, 0.1) is 24.0 Å². The lowest BCUT2D eigenvalue weighted by Crippen LogP contribution is -2.14. The van der Waals surface area contributed by atoms with Crippen LogP contribution in [0.25, 0.3) is 0 Å². The van der Waals surface area contributed by atoms with E-state index < -0.39 is 0 Å².